The number of thiophene rings is 1. The van der Waals surface area contributed by atoms with Gasteiger partial charge in [-0.05, 0) is 26.0 Å². The van der Waals surface area contributed by atoms with Gasteiger partial charge < -0.3 is 15.0 Å². The monoisotopic (exact) mass is 332 g/mol. The molecule has 0 fully saturated rings. The molecule has 1 rings (SSSR count). The zero-order chi connectivity index (χ0) is 15.8. The molecule has 8 heteroatoms. The number of carbonyl (C=O) groups excluding carboxylic acids is 3. The summed E-state index contributed by atoms with van der Waals surface area (Å²) in [6.07, 6.45) is 0. The van der Waals surface area contributed by atoms with Gasteiger partial charge in [-0.2, -0.15) is 0 Å². The first-order valence-corrected chi connectivity index (χ1v) is 7.64. The molecule has 0 spiro atoms. The average molecular weight is 333 g/mol. The Balaban J connectivity index is 2.47. The molecular formula is C13H17ClN2O4S. The number of likely N-dealkylation sites (N-methyl/N-ethyl adjacent to an activating group) is 2. The fourth-order valence-electron chi connectivity index (χ4n) is 1.52. The van der Waals surface area contributed by atoms with Crippen LogP contribution in [0.3, 0.4) is 0 Å². The number of hydrogen-bond donors (Lipinski definition) is 1. The van der Waals surface area contributed by atoms with Gasteiger partial charge in [-0.3, -0.25) is 9.59 Å². The van der Waals surface area contributed by atoms with Gasteiger partial charge in [-0.1, -0.05) is 11.6 Å². The van der Waals surface area contributed by atoms with Gasteiger partial charge in [0.2, 0.25) is 5.91 Å². The molecule has 1 aromatic rings. The number of esters is 1. The number of rotatable bonds is 7. The van der Waals surface area contributed by atoms with Crippen LogP contribution in [-0.2, 0) is 14.3 Å². The third kappa shape index (κ3) is 5.73. The van der Waals surface area contributed by atoms with Crippen molar-refractivity contribution in [2.45, 2.75) is 13.8 Å². The van der Waals surface area contributed by atoms with Crippen molar-refractivity contribution in [3.05, 3.63) is 21.3 Å². The molecule has 0 aliphatic heterocycles. The number of nitrogens with one attached hydrogen (secondary N) is 1. The van der Waals surface area contributed by atoms with E-state index in [4.69, 9.17) is 16.3 Å². The van der Waals surface area contributed by atoms with Crippen LogP contribution in [0.2, 0.25) is 4.34 Å². The maximum Gasteiger partial charge on any atom is 0.348 e. The molecule has 1 aromatic heterocycles. The third-order valence-corrected chi connectivity index (χ3v) is 3.76. The zero-order valence-corrected chi connectivity index (χ0v) is 13.4. The van der Waals surface area contributed by atoms with Gasteiger partial charge in [-0.25, -0.2) is 4.79 Å². The smallest absolute Gasteiger partial charge is 0.348 e. The van der Waals surface area contributed by atoms with E-state index in [1.807, 2.05) is 0 Å². The minimum Gasteiger partial charge on any atom is -0.451 e. The lowest BCUT2D eigenvalue weighted by molar-refractivity contribution is -0.138. The Kier molecular flexibility index (Phi) is 7.18. The third-order valence-electron chi connectivity index (χ3n) is 2.54. The van der Waals surface area contributed by atoms with Gasteiger partial charge in [0.1, 0.15) is 4.88 Å². The first-order valence-electron chi connectivity index (χ1n) is 6.44. The van der Waals surface area contributed by atoms with Crippen LogP contribution < -0.4 is 5.32 Å². The Bertz CT molecular complexity index is 518. The van der Waals surface area contributed by atoms with Crippen LogP contribution >= 0.6 is 22.9 Å². The van der Waals surface area contributed by atoms with Gasteiger partial charge in [0.15, 0.2) is 6.61 Å². The van der Waals surface area contributed by atoms with E-state index < -0.39 is 18.5 Å². The van der Waals surface area contributed by atoms with E-state index in [2.05, 4.69) is 5.32 Å². The molecule has 1 heterocycles. The predicted molar refractivity (Wildman–Crippen MR) is 80.5 cm³/mol. The maximum atomic E-state index is 11.9. The Morgan fingerprint density at radius 3 is 2.57 bits per heavy atom. The van der Waals surface area contributed by atoms with Crippen molar-refractivity contribution in [3.8, 4) is 0 Å². The predicted octanol–water partition coefficient (Wildman–Crippen LogP) is 1.54. The number of halogens is 1. The Labute approximate surface area is 132 Å². The summed E-state index contributed by atoms with van der Waals surface area (Å²) in [7, 11) is 0. The molecule has 0 radical (unpaired) electrons. The first-order chi connectivity index (χ1) is 9.97. The van der Waals surface area contributed by atoms with E-state index in [1.54, 1.807) is 19.9 Å². The molecule has 21 heavy (non-hydrogen) atoms. The highest BCUT2D eigenvalue weighted by Crippen LogP contribution is 2.21. The summed E-state index contributed by atoms with van der Waals surface area (Å²) in [5, 5.41) is 2.61. The van der Waals surface area contributed by atoms with E-state index in [0.29, 0.717) is 22.3 Å². The quantitative estimate of drug-likeness (QED) is 0.768. The highest BCUT2D eigenvalue weighted by molar-refractivity contribution is 7.17. The summed E-state index contributed by atoms with van der Waals surface area (Å²) in [5.74, 6) is -1.27. The van der Waals surface area contributed by atoms with Crippen LogP contribution in [0, 0.1) is 0 Å². The van der Waals surface area contributed by atoms with Crippen molar-refractivity contribution < 1.29 is 19.1 Å². The molecule has 1 N–H and O–H groups in total. The molecule has 0 saturated carbocycles. The van der Waals surface area contributed by atoms with Crippen LogP contribution in [0.5, 0.6) is 0 Å². The fraction of sp³-hybridized carbons (Fsp3) is 0.462. The van der Waals surface area contributed by atoms with Crippen LogP contribution in [0.15, 0.2) is 12.1 Å². The normalized spacial score (nSPS) is 10.0. The second-order valence-corrected chi connectivity index (χ2v) is 5.76. The molecule has 0 bridgehead atoms. The molecule has 0 aromatic carbocycles. The number of amides is 2. The van der Waals surface area contributed by atoms with Gasteiger partial charge in [0.25, 0.3) is 5.91 Å². The molecule has 0 saturated heterocycles. The van der Waals surface area contributed by atoms with E-state index >= 15 is 0 Å². The molecule has 0 aliphatic rings. The second-order valence-electron chi connectivity index (χ2n) is 4.04. The summed E-state index contributed by atoms with van der Waals surface area (Å²) >= 11 is 6.80. The summed E-state index contributed by atoms with van der Waals surface area (Å²) < 4.78 is 5.39. The largest absolute Gasteiger partial charge is 0.451 e. The van der Waals surface area contributed by atoms with Crippen molar-refractivity contribution >= 4 is 40.7 Å². The van der Waals surface area contributed by atoms with Gasteiger partial charge in [-0.15, -0.1) is 11.3 Å². The van der Waals surface area contributed by atoms with Gasteiger partial charge in [0, 0.05) is 13.1 Å². The summed E-state index contributed by atoms with van der Waals surface area (Å²) in [4.78, 5) is 36.7. The van der Waals surface area contributed by atoms with Crippen LogP contribution in [0.25, 0.3) is 0 Å². The molecule has 6 nitrogen and oxygen atoms in total. The van der Waals surface area contributed by atoms with Gasteiger partial charge >= 0.3 is 5.97 Å². The standard InChI is InChI=1S/C13H17ClN2O4S/c1-3-15-11(17)7-16(4-2)12(18)8-20-13(19)9-5-6-10(14)21-9/h5-6H,3-4,7-8H2,1-2H3,(H,15,17). The van der Waals surface area contributed by atoms with Crippen LogP contribution in [0.1, 0.15) is 23.5 Å². The first kappa shape index (κ1) is 17.5. The van der Waals surface area contributed by atoms with Crippen LogP contribution in [0.4, 0.5) is 0 Å². The second kappa shape index (κ2) is 8.63. The van der Waals surface area contributed by atoms with Crippen molar-refractivity contribution in [1.29, 1.82) is 0 Å². The van der Waals surface area contributed by atoms with Crippen molar-refractivity contribution in [3.63, 3.8) is 0 Å². The van der Waals surface area contributed by atoms with Gasteiger partial charge in [0.05, 0.1) is 10.9 Å². The zero-order valence-electron chi connectivity index (χ0n) is 11.8. The molecule has 0 aliphatic carbocycles. The van der Waals surface area contributed by atoms with Crippen molar-refractivity contribution in [1.82, 2.24) is 10.2 Å². The van der Waals surface area contributed by atoms with E-state index in [0.717, 1.165) is 11.3 Å². The Morgan fingerprint density at radius 1 is 1.33 bits per heavy atom. The van der Waals surface area contributed by atoms with E-state index in [-0.39, 0.29) is 12.5 Å². The Hall–Kier alpha value is -1.60. The highest BCUT2D eigenvalue weighted by Gasteiger charge is 2.18. The minimum absolute atomic E-state index is 0.0500. The van der Waals surface area contributed by atoms with E-state index in [9.17, 15) is 14.4 Å². The molecule has 0 unspecified atom stereocenters. The molecule has 0 atom stereocenters. The summed E-state index contributed by atoms with van der Waals surface area (Å²) in [6.45, 7) is 3.95. The lowest BCUT2D eigenvalue weighted by Gasteiger charge is -2.19. The lowest BCUT2D eigenvalue weighted by Crippen LogP contribution is -2.42. The minimum atomic E-state index is -0.602. The SMILES string of the molecule is CCNC(=O)CN(CC)C(=O)COC(=O)c1ccc(Cl)s1. The lowest BCUT2D eigenvalue weighted by atomic mass is 10.4. The molecule has 116 valence electrons. The van der Waals surface area contributed by atoms with E-state index in [1.165, 1.54) is 11.0 Å². The summed E-state index contributed by atoms with van der Waals surface area (Å²) in [6, 6.07) is 3.12. The number of carbonyl (C=O) groups is 3. The molecular weight excluding hydrogens is 316 g/mol. The number of nitrogens with zero attached hydrogens (tertiary/aromatic N) is 1. The highest BCUT2D eigenvalue weighted by atomic mass is 35.5. The number of hydrogen-bond acceptors (Lipinski definition) is 5. The number of ether oxygens (including phenoxy) is 1. The average Bonchev–Trinajstić information content (AvgIpc) is 2.88. The van der Waals surface area contributed by atoms with Crippen molar-refractivity contribution in [2.24, 2.45) is 0 Å². The Morgan fingerprint density at radius 2 is 2.05 bits per heavy atom. The van der Waals surface area contributed by atoms with Crippen LogP contribution in [-0.4, -0.2) is 48.9 Å². The maximum absolute atomic E-state index is 11.9. The molecule has 2 amide bonds. The van der Waals surface area contributed by atoms with Crippen molar-refractivity contribution in [2.75, 3.05) is 26.2 Å². The topological polar surface area (TPSA) is 75.7 Å². The fourth-order valence-corrected chi connectivity index (χ4v) is 2.45. The summed E-state index contributed by atoms with van der Waals surface area (Å²) in [5.41, 5.74) is 0.